The highest BCUT2D eigenvalue weighted by atomic mass is 19.4. The molecule has 0 bridgehead atoms. The number of aliphatic carboxylic acids is 1. The van der Waals surface area contributed by atoms with Gasteiger partial charge in [0, 0.05) is 12.0 Å². The molecule has 0 saturated heterocycles. The Bertz CT molecular complexity index is 872. The van der Waals surface area contributed by atoms with Gasteiger partial charge in [-0.2, -0.15) is 18.4 Å². The molecule has 0 saturated carbocycles. The third-order valence-corrected chi connectivity index (χ3v) is 3.62. The second kappa shape index (κ2) is 7.70. The average molecular weight is 362 g/mol. The van der Waals surface area contributed by atoms with Gasteiger partial charge in [0.25, 0.3) is 5.91 Å². The van der Waals surface area contributed by atoms with Gasteiger partial charge in [-0.05, 0) is 29.8 Å². The van der Waals surface area contributed by atoms with Crippen molar-refractivity contribution in [1.29, 1.82) is 5.26 Å². The molecular formula is C18H13F3N2O3. The number of nitrogens with zero attached hydrogens (tertiary/aromatic N) is 1. The molecule has 0 aliphatic carbocycles. The fraction of sp³-hybridized carbons (Fsp3) is 0.167. The van der Waals surface area contributed by atoms with Crippen LogP contribution in [-0.2, 0) is 17.4 Å². The highest BCUT2D eigenvalue weighted by Gasteiger charge is 2.31. The smallest absolute Gasteiger partial charge is 0.416 e. The number of carboxylic acids is 1. The summed E-state index contributed by atoms with van der Waals surface area (Å²) in [6.45, 7) is 0. The summed E-state index contributed by atoms with van der Waals surface area (Å²) in [6.07, 6.45) is -4.79. The van der Waals surface area contributed by atoms with Gasteiger partial charge in [0.15, 0.2) is 0 Å². The zero-order valence-corrected chi connectivity index (χ0v) is 13.2. The van der Waals surface area contributed by atoms with Crippen LogP contribution < -0.4 is 5.32 Å². The highest BCUT2D eigenvalue weighted by Crippen LogP contribution is 2.29. The minimum absolute atomic E-state index is 0.177. The highest BCUT2D eigenvalue weighted by molar-refractivity contribution is 5.96. The fourth-order valence-corrected chi connectivity index (χ4v) is 2.31. The van der Waals surface area contributed by atoms with Gasteiger partial charge in [0.05, 0.1) is 17.2 Å². The molecule has 0 spiro atoms. The first-order valence-corrected chi connectivity index (χ1v) is 7.41. The van der Waals surface area contributed by atoms with Gasteiger partial charge < -0.3 is 10.4 Å². The van der Waals surface area contributed by atoms with Crippen LogP contribution in [-0.4, -0.2) is 23.0 Å². The molecule has 5 nitrogen and oxygen atoms in total. The maximum absolute atomic E-state index is 12.7. The van der Waals surface area contributed by atoms with Crippen molar-refractivity contribution in [2.75, 3.05) is 0 Å². The second-order valence-corrected chi connectivity index (χ2v) is 5.42. The van der Waals surface area contributed by atoms with Gasteiger partial charge in [-0.25, -0.2) is 4.79 Å². The minimum Gasteiger partial charge on any atom is -0.480 e. The number of nitrogens with one attached hydrogen (secondary N) is 1. The van der Waals surface area contributed by atoms with Crippen LogP contribution >= 0.6 is 0 Å². The number of hydrogen-bond donors (Lipinski definition) is 2. The van der Waals surface area contributed by atoms with Crippen molar-refractivity contribution >= 4 is 11.9 Å². The van der Waals surface area contributed by atoms with Crippen LogP contribution in [0.2, 0.25) is 0 Å². The predicted octanol–water partition coefficient (Wildman–Crippen LogP) is 3.00. The van der Waals surface area contributed by atoms with Crippen LogP contribution in [0.1, 0.15) is 27.0 Å². The van der Waals surface area contributed by atoms with Gasteiger partial charge in [0.1, 0.15) is 6.04 Å². The summed E-state index contributed by atoms with van der Waals surface area (Å²) in [6, 6.07) is 10.5. The molecule has 0 aromatic heterocycles. The van der Waals surface area contributed by atoms with Crippen molar-refractivity contribution in [2.24, 2.45) is 0 Å². The van der Waals surface area contributed by atoms with E-state index >= 15 is 0 Å². The third kappa shape index (κ3) is 4.60. The van der Waals surface area contributed by atoms with E-state index in [1.807, 2.05) is 6.07 Å². The summed E-state index contributed by atoms with van der Waals surface area (Å²) in [5.41, 5.74) is -0.648. The largest absolute Gasteiger partial charge is 0.480 e. The third-order valence-electron chi connectivity index (χ3n) is 3.62. The van der Waals surface area contributed by atoms with E-state index in [-0.39, 0.29) is 17.5 Å². The summed E-state index contributed by atoms with van der Waals surface area (Å²) >= 11 is 0. The van der Waals surface area contributed by atoms with Crippen molar-refractivity contribution in [3.63, 3.8) is 0 Å². The number of rotatable bonds is 5. The van der Waals surface area contributed by atoms with E-state index < -0.39 is 29.7 Å². The molecule has 8 heteroatoms. The normalized spacial score (nSPS) is 12.1. The van der Waals surface area contributed by atoms with E-state index in [0.29, 0.717) is 11.6 Å². The Hall–Kier alpha value is -3.34. The zero-order valence-electron chi connectivity index (χ0n) is 13.2. The van der Waals surface area contributed by atoms with Gasteiger partial charge in [-0.1, -0.05) is 24.3 Å². The molecule has 26 heavy (non-hydrogen) atoms. The maximum atomic E-state index is 12.7. The van der Waals surface area contributed by atoms with E-state index in [4.69, 9.17) is 5.26 Å². The van der Waals surface area contributed by atoms with E-state index in [1.54, 1.807) is 18.2 Å². The standard InChI is InChI=1S/C18H13F3N2O3/c19-18(20,21)14-7-3-6-12(8-14)16(24)23-15(17(25)26)9-11-4-1-2-5-13(11)10-22/h1-8,15H,9H2,(H,23,24)(H,25,26)/t15-/m1/s1. The van der Waals surface area contributed by atoms with E-state index in [2.05, 4.69) is 5.32 Å². The lowest BCUT2D eigenvalue weighted by Gasteiger charge is -2.16. The number of carbonyl (C=O) groups excluding carboxylic acids is 1. The SMILES string of the molecule is N#Cc1ccccc1C[C@@H](NC(=O)c1cccc(C(F)(F)F)c1)C(=O)O. The lowest BCUT2D eigenvalue weighted by Crippen LogP contribution is -2.42. The number of alkyl halides is 3. The lowest BCUT2D eigenvalue weighted by atomic mass is 10.0. The monoisotopic (exact) mass is 362 g/mol. The molecule has 1 amide bonds. The van der Waals surface area contributed by atoms with Crippen molar-refractivity contribution in [2.45, 2.75) is 18.6 Å². The number of amides is 1. The Morgan fingerprint density at radius 1 is 1.15 bits per heavy atom. The molecule has 2 aromatic carbocycles. The summed E-state index contributed by atoms with van der Waals surface area (Å²) in [5.74, 6) is -2.31. The predicted molar refractivity (Wildman–Crippen MR) is 85.2 cm³/mol. The molecule has 0 aliphatic heterocycles. The first kappa shape index (κ1) is 19.0. The summed E-state index contributed by atoms with van der Waals surface area (Å²) in [4.78, 5) is 23.6. The van der Waals surface area contributed by atoms with Crippen LogP contribution in [0.15, 0.2) is 48.5 Å². The molecule has 1 atom stereocenters. The Labute approximate surface area is 146 Å². The van der Waals surface area contributed by atoms with Gasteiger partial charge in [-0.15, -0.1) is 0 Å². The second-order valence-electron chi connectivity index (χ2n) is 5.42. The maximum Gasteiger partial charge on any atom is 0.416 e. The van der Waals surface area contributed by atoms with Crippen LogP contribution in [0.5, 0.6) is 0 Å². The Morgan fingerprint density at radius 2 is 1.85 bits per heavy atom. The molecule has 0 unspecified atom stereocenters. The average Bonchev–Trinajstić information content (AvgIpc) is 2.60. The zero-order chi connectivity index (χ0) is 19.3. The first-order valence-electron chi connectivity index (χ1n) is 7.41. The molecule has 0 fully saturated rings. The summed E-state index contributed by atoms with van der Waals surface area (Å²) in [5, 5.41) is 20.5. The van der Waals surface area contributed by atoms with Crippen molar-refractivity contribution in [3.8, 4) is 6.07 Å². The Kier molecular flexibility index (Phi) is 5.62. The number of carbonyl (C=O) groups is 2. The van der Waals surface area contributed by atoms with Crippen molar-refractivity contribution < 1.29 is 27.9 Å². The molecule has 0 heterocycles. The molecule has 134 valence electrons. The van der Waals surface area contributed by atoms with E-state index in [1.165, 1.54) is 6.07 Å². The number of benzene rings is 2. The Balaban J connectivity index is 2.22. The quantitative estimate of drug-likeness (QED) is 0.856. The van der Waals surface area contributed by atoms with Crippen LogP contribution in [0.3, 0.4) is 0 Å². The number of hydrogen-bond acceptors (Lipinski definition) is 3. The van der Waals surface area contributed by atoms with Crippen molar-refractivity contribution in [1.82, 2.24) is 5.32 Å². The first-order chi connectivity index (χ1) is 12.2. The van der Waals surface area contributed by atoms with Crippen molar-refractivity contribution in [3.05, 3.63) is 70.8 Å². The molecule has 2 rings (SSSR count). The fourth-order valence-electron chi connectivity index (χ4n) is 2.31. The van der Waals surface area contributed by atoms with E-state index in [0.717, 1.165) is 18.2 Å². The van der Waals surface area contributed by atoms with Gasteiger partial charge >= 0.3 is 12.1 Å². The van der Waals surface area contributed by atoms with E-state index in [9.17, 15) is 27.9 Å². The van der Waals surface area contributed by atoms with Crippen LogP contribution in [0, 0.1) is 11.3 Å². The molecular weight excluding hydrogens is 349 g/mol. The molecule has 0 radical (unpaired) electrons. The van der Waals surface area contributed by atoms with Gasteiger partial charge in [0.2, 0.25) is 0 Å². The topological polar surface area (TPSA) is 90.2 Å². The Morgan fingerprint density at radius 3 is 2.46 bits per heavy atom. The summed E-state index contributed by atoms with van der Waals surface area (Å²) < 4.78 is 38.2. The number of nitriles is 1. The molecule has 2 N–H and O–H groups in total. The van der Waals surface area contributed by atoms with Gasteiger partial charge in [-0.3, -0.25) is 4.79 Å². The molecule has 0 aliphatic rings. The lowest BCUT2D eigenvalue weighted by molar-refractivity contribution is -0.139. The molecule has 2 aromatic rings. The number of halogens is 3. The summed E-state index contributed by atoms with van der Waals surface area (Å²) in [7, 11) is 0. The minimum atomic E-state index is -4.62. The number of carboxylic acid groups (broad SMARTS) is 1. The van der Waals surface area contributed by atoms with Crippen LogP contribution in [0.4, 0.5) is 13.2 Å². The van der Waals surface area contributed by atoms with Crippen LogP contribution in [0.25, 0.3) is 0 Å².